The number of nitrogens with two attached hydrogens (primary N) is 1. The molecule has 4 amide bonds. The van der Waals surface area contributed by atoms with E-state index in [9.17, 15) is 22.8 Å². The van der Waals surface area contributed by atoms with Crippen molar-refractivity contribution in [2.45, 2.75) is 17.3 Å². The van der Waals surface area contributed by atoms with Crippen LogP contribution in [0.3, 0.4) is 0 Å². The van der Waals surface area contributed by atoms with Crippen molar-refractivity contribution in [2.75, 3.05) is 11.9 Å². The number of ether oxygens (including phenoxy) is 1. The second kappa shape index (κ2) is 8.21. The number of anilines is 1. The molecule has 0 bridgehead atoms. The van der Waals surface area contributed by atoms with Crippen molar-refractivity contribution in [3.63, 3.8) is 0 Å². The number of nitrogens with zero attached hydrogens (tertiary/aromatic N) is 1. The highest BCUT2D eigenvalue weighted by Gasteiger charge is 2.29. The van der Waals surface area contributed by atoms with Crippen LogP contribution in [0.25, 0.3) is 0 Å². The average molecular weight is 399 g/mol. The fourth-order valence-corrected chi connectivity index (χ4v) is 2.64. The number of urea groups is 2. The van der Waals surface area contributed by atoms with Gasteiger partial charge in [0.05, 0.1) is 0 Å². The van der Waals surface area contributed by atoms with E-state index in [4.69, 9.17) is 10.5 Å². The number of thioether (sulfide) groups is 1. The van der Waals surface area contributed by atoms with Crippen molar-refractivity contribution < 1.29 is 27.5 Å². The summed E-state index contributed by atoms with van der Waals surface area (Å²) in [6, 6.07) is 8.72. The quantitative estimate of drug-likeness (QED) is 0.735. The molecule has 144 valence electrons. The number of carbonyl (C=O) groups excluding carboxylic acids is 2. The largest absolute Gasteiger partial charge is 0.457 e. The summed E-state index contributed by atoms with van der Waals surface area (Å²) in [6.07, 6.45) is 0. The zero-order chi connectivity index (χ0) is 20.2. The first-order valence-electron chi connectivity index (χ1n) is 7.53. The Kier molecular flexibility index (Phi) is 6.21. The summed E-state index contributed by atoms with van der Waals surface area (Å²) in [4.78, 5) is 23.8. The van der Waals surface area contributed by atoms with E-state index in [1.54, 1.807) is 25.1 Å². The maximum Gasteiger partial charge on any atom is 0.446 e. The van der Waals surface area contributed by atoms with Crippen LogP contribution >= 0.6 is 11.8 Å². The molecule has 0 saturated heterocycles. The minimum Gasteiger partial charge on any atom is -0.457 e. The first-order valence-corrected chi connectivity index (χ1v) is 8.35. The SMILES string of the molecule is Cc1cc(N(C)C(=O)NC(N)=O)ccc1Oc1ccc(SC(F)(F)F)cc1. The molecule has 0 aliphatic carbocycles. The van der Waals surface area contributed by atoms with Crippen LogP contribution in [0.4, 0.5) is 28.4 Å². The van der Waals surface area contributed by atoms with Crippen LogP contribution in [-0.2, 0) is 0 Å². The lowest BCUT2D eigenvalue weighted by atomic mass is 10.2. The number of primary amides is 1. The molecule has 0 aliphatic heterocycles. The molecule has 3 N–H and O–H groups in total. The van der Waals surface area contributed by atoms with Crippen molar-refractivity contribution in [1.29, 1.82) is 0 Å². The summed E-state index contributed by atoms with van der Waals surface area (Å²) in [5.41, 5.74) is 1.74. The third-order valence-corrected chi connectivity index (χ3v) is 4.11. The maximum absolute atomic E-state index is 12.3. The van der Waals surface area contributed by atoms with Gasteiger partial charge in [-0.1, -0.05) is 0 Å². The van der Waals surface area contributed by atoms with E-state index in [0.717, 1.165) is 0 Å². The topological polar surface area (TPSA) is 84.7 Å². The monoisotopic (exact) mass is 399 g/mol. The molecule has 0 spiro atoms. The Morgan fingerprint density at radius 3 is 2.30 bits per heavy atom. The Balaban J connectivity index is 2.10. The molecule has 2 aromatic rings. The number of halogens is 3. The molecule has 2 rings (SSSR count). The fourth-order valence-electron chi connectivity index (χ4n) is 2.10. The lowest BCUT2D eigenvalue weighted by Gasteiger charge is -2.18. The standard InChI is InChI=1S/C17H16F3N3O3S/c1-10-9-11(23(2)16(25)22-15(21)24)3-8-14(10)26-12-4-6-13(7-5-12)27-17(18,19)20/h3-9H,1-2H3,(H3,21,22,24,25). The number of hydrogen-bond donors (Lipinski definition) is 2. The molecular weight excluding hydrogens is 383 g/mol. The molecule has 0 unspecified atom stereocenters. The Labute approximate surface area is 157 Å². The molecule has 0 saturated carbocycles. The van der Waals surface area contributed by atoms with E-state index >= 15 is 0 Å². The van der Waals surface area contributed by atoms with E-state index in [1.165, 1.54) is 36.2 Å². The number of alkyl halides is 3. The average Bonchev–Trinajstić information content (AvgIpc) is 2.55. The number of aryl methyl sites for hydroxylation is 1. The van der Waals surface area contributed by atoms with Crippen molar-refractivity contribution in [1.82, 2.24) is 5.32 Å². The van der Waals surface area contributed by atoms with Gasteiger partial charge in [-0.05, 0) is 66.7 Å². The third-order valence-electron chi connectivity index (χ3n) is 3.37. The van der Waals surface area contributed by atoms with E-state index in [-0.39, 0.29) is 16.7 Å². The number of nitrogens with one attached hydrogen (secondary N) is 1. The minimum absolute atomic E-state index is 0.0593. The first-order chi connectivity index (χ1) is 12.5. The van der Waals surface area contributed by atoms with E-state index in [2.05, 4.69) is 0 Å². The first kappa shape index (κ1) is 20.4. The molecule has 2 aromatic carbocycles. The van der Waals surface area contributed by atoms with Gasteiger partial charge in [-0.2, -0.15) is 13.2 Å². The van der Waals surface area contributed by atoms with Gasteiger partial charge < -0.3 is 10.5 Å². The number of benzene rings is 2. The van der Waals surface area contributed by atoms with Gasteiger partial charge in [-0.25, -0.2) is 9.59 Å². The van der Waals surface area contributed by atoms with Crippen LogP contribution in [-0.4, -0.2) is 24.6 Å². The molecule has 0 aromatic heterocycles. The van der Waals surface area contributed by atoms with E-state index < -0.39 is 17.6 Å². The molecule has 0 atom stereocenters. The molecule has 0 radical (unpaired) electrons. The number of imide groups is 1. The number of rotatable bonds is 4. The summed E-state index contributed by atoms with van der Waals surface area (Å²) in [5, 5.41) is 1.95. The van der Waals surface area contributed by atoms with Gasteiger partial charge in [0.1, 0.15) is 11.5 Å². The number of hydrogen-bond acceptors (Lipinski definition) is 4. The molecule has 27 heavy (non-hydrogen) atoms. The van der Waals surface area contributed by atoms with Gasteiger partial charge in [0.15, 0.2) is 0 Å². The van der Waals surface area contributed by atoms with Crippen molar-refractivity contribution in [2.24, 2.45) is 5.73 Å². The highest BCUT2D eigenvalue weighted by molar-refractivity contribution is 8.00. The van der Waals surface area contributed by atoms with E-state index in [1.807, 2.05) is 5.32 Å². The van der Waals surface area contributed by atoms with E-state index in [0.29, 0.717) is 22.7 Å². The van der Waals surface area contributed by atoms with Crippen LogP contribution in [0.15, 0.2) is 47.4 Å². The molecule has 6 nitrogen and oxygen atoms in total. The highest BCUT2D eigenvalue weighted by Crippen LogP contribution is 2.38. The Hall–Kier alpha value is -2.88. The van der Waals surface area contributed by atoms with Gasteiger partial charge in [-0.3, -0.25) is 10.2 Å². The zero-order valence-corrected chi connectivity index (χ0v) is 15.1. The molecule has 0 heterocycles. The summed E-state index contributed by atoms with van der Waals surface area (Å²) < 4.78 is 42.7. The predicted octanol–water partition coefficient (Wildman–Crippen LogP) is 4.62. The van der Waals surface area contributed by atoms with Crippen LogP contribution in [0.5, 0.6) is 11.5 Å². The fraction of sp³-hybridized carbons (Fsp3) is 0.176. The molecule has 0 fully saturated rings. The Morgan fingerprint density at radius 1 is 1.15 bits per heavy atom. The van der Waals surface area contributed by atoms with Crippen molar-refractivity contribution in [3.8, 4) is 11.5 Å². The minimum atomic E-state index is -4.35. The van der Waals surface area contributed by atoms with Gasteiger partial charge in [0, 0.05) is 17.6 Å². The Morgan fingerprint density at radius 2 is 1.78 bits per heavy atom. The normalized spacial score (nSPS) is 11.0. The summed E-state index contributed by atoms with van der Waals surface area (Å²) in [6.45, 7) is 1.74. The van der Waals surface area contributed by atoms with Crippen LogP contribution in [0.1, 0.15) is 5.56 Å². The molecule has 10 heteroatoms. The number of carbonyl (C=O) groups is 2. The lowest BCUT2D eigenvalue weighted by molar-refractivity contribution is -0.0328. The maximum atomic E-state index is 12.3. The summed E-state index contributed by atoms with van der Waals surface area (Å²) in [5.74, 6) is 0.843. The van der Waals surface area contributed by atoms with Crippen LogP contribution < -0.4 is 20.7 Å². The third kappa shape index (κ3) is 6.10. The molecule has 0 aliphatic rings. The predicted molar refractivity (Wildman–Crippen MR) is 96.1 cm³/mol. The van der Waals surface area contributed by atoms with Crippen molar-refractivity contribution in [3.05, 3.63) is 48.0 Å². The van der Waals surface area contributed by atoms with Gasteiger partial charge in [-0.15, -0.1) is 0 Å². The smallest absolute Gasteiger partial charge is 0.446 e. The number of amides is 4. The zero-order valence-electron chi connectivity index (χ0n) is 14.3. The summed E-state index contributed by atoms with van der Waals surface area (Å²) in [7, 11) is 1.46. The van der Waals surface area contributed by atoms with Gasteiger partial charge in [0.25, 0.3) is 0 Å². The van der Waals surface area contributed by atoms with Crippen LogP contribution in [0, 0.1) is 6.92 Å². The summed E-state index contributed by atoms with van der Waals surface area (Å²) >= 11 is -0.201. The lowest BCUT2D eigenvalue weighted by Crippen LogP contribution is -2.43. The second-order valence-corrected chi connectivity index (χ2v) is 6.56. The van der Waals surface area contributed by atoms with Gasteiger partial charge >= 0.3 is 17.6 Å². The Bertz CT molecular complexity index is 842. The highest BCUT2D eigenvalue weighted by atomic mass is 32.2. The molecular formula is C17H16F3N3O3S. The second-order valence-electron chi connectivity index (χ2n) is 5.42. The van der Waals surface area contributed by atoms with Crippen molar-refractivity contribution >= 4 is 29.5 Å². The van der Waals surface area contributed by atoms with Crippen LogP contribution in [0.2, 0.25) is 0 Å². The van der Waals surface area contributed by atoms with Gasteiger partial charge in [0.2, 0.25) is 0 Å².